The Morgan fingerprint density at radius 1 is 1.33 bits per heavy atom. The molecular formula is C19H31ClN4O3. The van der Waals surface area contributed by atoms with Crippen LogP contribution in [-0.2, 0) is 4.79 Å². The monoisotopic (exact) mass is 398 g/mol. The fourth-order valence-corrected chi connectivity index (χ4v) is 3.89. The normalized spacial score (nSPS) is 22.6. The smallest absolute Gasteiger partial charge is 0.259 e. The van der Waals surface area contributed by atoms with Crippen LogP contribution in [0.3, 0.4) is 0 Å². The lowest BCUT2D eigenvalue weighted by molar-refractivity contribution is -0.123. The molecule has 2 N–H and O–H groups in total. The predicted octanol–water partition coefficient (Wildman–Crippen LogP) is 2.25. The van der Waals surface area contributed by atoms with E-state index in [1.54, 1.807) is 0 Å². The van der Waals surface area contributed by atoms with E-state index in [4.69, 9.17) is 4.52 Å². The Labute approximate surface area is 167 Å². The standard InChI is InChI=1S/C19H30N4O3.ClH/c1-12(2)17-16(13(3)22-26-17)19(25)23-9-5-6-14(11-23)10-21-18(24)15-7-4-8-20-15;/h12,14-15,20H,4-11H2,1-3H3,(H,21,24);1H. The molecule has 0 aliphatic carbocycles. The summed E-state index contributed by atoms with van der Waals surface area (Å²) in [5.41, 5.74) is 1.27. The van der Waals surface area contributed by atoms with E-state index < -0.39 is 0 Å². The number of carbonyl (C=O) groups excluding carboxylic acids is 2. The summed E-state index contributed by atoms with van der Waals surface area (Å²) in [4.78, 5) is 27.1. The topological polar surface area (TPSA) is 87.5 Å². The lowest BCUT2D eigenvalue weighted by Crippen LogP contribution is -2.46. The number of piperidine rings is 1. The second kappa shape index (κ2) is 9.55. The molecule has 2 atom stereocenters. The number of aromatic nitrogens is 1. The molecule has 2 unspecified atom stereocenters. The molecule has 1 aromatic heterocycles. The van der Waals surface area contributed by atoms with Crippen molar-refractivity contribution in [3.8, 4) is 0 Å². The summed E-state index contributed by atoms with van der Waals surface area (Å²) < 4.78 is 5.37. The minimum Gasteiger partial charge on any atom is -0.360 e. The van der Waals surface area contributed by atoms with Gasteiger partial charge in [-0.2, -0.15) is 0 Å². The predicted molar refractivity (Wildman–Crippen MR) is 105 cm³/mol. The van der Waals surface area contributed by atoms with Crippen molar-refractivity contribution in [3.63, 3.8) is 0 Å². The van der Waals surface area contributed by atoms with Crippen molar-refractivity contribution in [3.05, 3.63) is 17.0 Å². The van der Waals surface area contributed by atoms with E-state index in [1.807, 2.05) is 25.7 Å². The van der Waals surface area contributed by atoms with Gasteiger partial charge in [0.2, 0.25) is 5.91 Å². The average molecular weight is 399 g/mol. The molecule has 27 heavy (non-hydrogen) atoms. The first-order valence-electron chi connectivity index (χ1n) is 9.74. The number of nitrogens with one attached hydrogen (secondary N) is 2. The van der Waals surface area contributed by atoms with Crippen molar-refractivity contribution >= 4 is 24.2 Å². The quantitative estimate of drug-likeness (QED) is 0.794. The summed E-state index contributed by atoms with van der Waals surface area (Å²) >= 11 is 0. The molecule has 0 bridgehead atoms. The molecular weight excluding hydrogens is 368 g/mol. The minimum absolute atomic E-state index is 0. The first kappa shape index (κ1) is 21.7. The van der Waals surface area contributed by atoms with Crippen LogP contribution in [-0.4, -0.2) is 54.1 Å². The van der Waals surface area contributed by atoms with Crippen molar-refractivity contribution in [1.82, 2.24) is 20.7 Å². The van der Waals surface area contributed by atoms with E-state index in [9.17, 15) is 9.59 Å². The number of halogens is 1. The van der Waals surface area contributed by atoms with E-state index in [2.05, 4.69) is 15.8 Å². The summed E-state index contributed by atoms with van der Waals surface area (Å²) in [6.07, 6.45) is 3.95. The van der Waals surface area contributed by atoms with Gasteiger partial charge in [0, 0.05) is 25.6 Å². The van der Waals surface area contributed by atoms with Crippen LogP contribution in [0.1, 0.15) is 67.3 Å². The second-order valence-electron chi connectivity index (χ2n) is 7.82. The highest BCUT2D eigenvalue weighted by Crippen LogP contribution is 2.26. The molecule has 152 valence electrons. The summed E-state index contributed by atoms with van der Waals surface area (Å²) in [6.45, 7) is 8.78. The van der Waals surface area contributed by atoms with Gasteiger partial charge >= 0.3 is 0 Å². The van der Waals surface area contributed by atoms with Gasteiger partial charge in [0.25, 0.3) is 5.91 Å². The molecule has 2 fully saturated rings. The van der Waals surface area contributed by atoms with E-state index in [1.165, 1.54) is 0 Å². The maximum atomic E-state index is 13.0. The largest absolute Gasteiger partial charge is 0.360 e. The first-order chi connectivity index (χ1) is 12.5. The fourth-order valence-electron chi connectivity index (χ4n) is 3.89. The van der Waals surface area contributed by atoms with E-state index in [0.717, 1.165) is 38.8 Å². The van der Waals surface area contributed by atoms with Crippen LogP contribution < -0.4 is 10.6 Å². The van der Waals surface area contributed by atoms with Crippen molar-refractivity contribution in [2.75, 3.05) is 26.2 Å². The number of carbonyl (C=O) groups is 2. The summed E-state index contributed by atoms with van der Waals surface area (Å²) in [5, 5.41) is 10.3. The van der Waals surface area contributed by atoms with Gasteiger partial charge in [0.05, 0.1) is 11.7 Å². The van der Waals surface area contributed by atoms with Crippen LogP contribution in [0.4, 0.5) is 0 Å². The van der Waals surface area contributed by atoms with Gasteiger partial charge in [0.15, 0.2) is 5.76 Å². The summed E-state index contributed by atoms with van der Waals surface area (Å²) in [6, 6.07) is -0.0513. The zero-order valence-electron chi connectivity index (χ0n) is 16.4. The van der Waals surface area contributed by atoms with E-state index in [-0.39, 0.29) is 36.2 Å². The highest BCUT2D eigenvalue weighted by molar-refractivity contribution is 5.96. The van der Waals surface area contributed by atoms with Gasteiger partial charge in [-0.3, -0.25) is 9.59 Å². The van der Waals surface area contributed by atoms with Gasteiger partial charge < -0.3 is 20.1 Å². The average Bonchev–Trinajstić information content (AvgIpc) is 3.29. The Bertz CT molecular complexity index is 655. The zero-order valence-corrected chi connectivity index (χ0v) is 17.2. The van der Waals surface area contributed by atoms with E-state index in [0.29, 0.717) is 36.0 Å². The molecule has 7 nitrogen and oxygen atoms in total. The number of rotatable bonds is 5. The molecule has 8 heteroatoms. The van der Waals surface area contributed by atoms with Crippen LogP contribution in [0.2, 0.25) is 0 Å². The number of aryl methyl sites for hydroxylation is 1. The third-order valence-corrected chi connectivity index (χ3v) is 5.38. The number of nitrogens with zero attached hydrogens (tertiary/aromatic N) is 2. The Morgan fingerprint density at radius 3 is 2.78 bits per heavy atom. The zero-order chi connectivity index (χ0) is 18.7. The maximum Gasteiger partial charge on any atom is 0.259 e. The molecule has 2 saturated heterocycles. The Kier molecular flexibility index (Phi) is 7.68. The van der Waals surface area contributed by atoms with Gasteiger partial charge in [-0.15, -0.1) is 12.4 Å². The molecule has 0 aromatic carbocycles. The molecule has 2 aliphatic heterocycles. The summed E-state index contributed by atoms with van der Waals surface area (Å²) in [7, 11) is 0. The van der Waals surface area contributed by atoms with Crippen LogP contribution in [0.15, 0.2) is 4.52 Å². The van der Waals surface area contributed by atoms with Crippen LogP contribution in [0.5, 0.6) is 0 Å². The molecule has 0 spiro atoms. The Balaban J connectivity index is 0.00000261. The third-order valence-electron chi connectivity index (χ3n) is 5.38. The first-order valence-corrected chi connectivity index (χ1v) is 9.74. The number of hydrogen-bond acceptors (Lipinski definition) is 5. The lowest BCUT2D eigenvalue weighted by Gasteiger charge is -2.33. The second-order valence-corrected chi connectivity index (χ2v) is 7.82. The third kappa shape index (κ3) is 5.02. The molecule has 0 saturated carbocycles. The van der Waals surface area contributed by atoms with Gasteiger partial charge in [-0.25, -0.2) is 0 Å². The SMILES string of the molecule is Cc1noc(C(C)C)c1C(=O)N1CCCC(CNC(=O)C2CCCN2)C1.Cl. The Hall–Kier alpha value is -1.60. The van der Waals surface area contributed by atoms with Crippen LogP contribution >= 0.6 is 12.4 Å². The fraction of sp³-hybridized carbons (Fsp3) is 0.737. The molecule has 0 radical (unpaired) electrons. The minimum atomic E-state index is -0.0513. The highest BCUT2D eigenvalue weighted by Gasteiger charge is 2.31. The molecule has 2 aliphatic rings. The van der Waals surface area contributed by atoms with Crippen LogP contribution in [0, 0.1) is 12.8 Å². The summed E-state index contributed by atoms with van der Waals surface area (Å²) in [5.74, 6) is 1.16. The highest BCUT2D eigenvalue weighted by atomic mass is 35.5. The molecule has 2 amide bonds. The van der Waals surface area contributed by atoms with Crippen LogP contribution in [0.25, 0.3) is 0 Å². The van der Waals surface area contributed by atoms with Crippen molar-refractivity contribution in [1.29, 1.82) is 0 Å². The number of likely N-dealkylation sites (tertiary alicyclic amines) is 1. The molecule has 1 aromatic rings. The molecule has 3 rings (SSSR count). The van der Waals surface area contributed by atoms with Crippen molar-refractivity contribution in [2.24, 2.45) is 5.92 Å². The number of hydrogen-bond donors (Lipinski definition) is 2. The van der Waals surface area contributed by atoms with E-state index >= 15 is 0 Å². The van der Waals surface area contributed by atoms with Crippen molar-refractivity contribution < 1.29 is 14.1 Å². The van der Waals surface area contributed by atoms with Gasteiger partial charge in [-0.1, -0.05) is 19.0 Å². The van der Waals surface area contributed by atoms with Gasteiger partial charge in [0.1, 0.15) is 5.56 Å². The van der Waals surface area contributed by atoms with Crippen molar-refractivity contribution in [2.45, 2.75) is 58.4 Å². The maximum absolute atomic E-state index is 13.0. The molecule has 3 heterocycles. The lowest BCUT2D eigenvalue weighted by atomic mass is 9.96. The van der Waals surface area contributed by atoms with Gasteiger partial charge in [-0.05, 0) is 45.1 Å². The Morgan fingerprint density at radius 2 is 2.11 bits per heavy atom. The number of amides is 2.